The number of hydrogen-bond donors (Lipinski definition) is 2. The van der Waals surface area contributed by atoms with E-state index < -0.39 is 11.6 Å². The number of amides is 1. The molecule has 0 spiro atoms. The van der Waals surface area contributed by atoms with Gasteiger partial charge in [0, 0.05) is 47.1 Å². The van der Waals surface area contributed by atoms with Crippen molar-refractivity contribution in [1.82, 2.24) is 15.3 Å². The number of rotatable bonds is 6. The molecule has 1 aromatic carbocycles. The van der Waals surface area contributed by atoms with Crippen LogP contribution in [-0.2, 0) is 9.53 Å². The molecule has 2 aromatic rings. The van der Waals surface area contributed by atoms with Gasteiger partial charge in [-0.25, -0.2) is 14.4 Å². The molecule has 0 saturated carbocycles. The normalized spacial score (nSPS) is 20.5. The first-order valence-corrected chi connectivity index (χ1v) is 11.3. The van der Waals surface area contributed by atoms with Gasteiger partial charge < -0.3 is 20.1 Å². The van der Waals surface area contributed by atoms with Gasteiger partial charge in [0.2, 0.25) is 0 Å². The van der Waals surface area contributed by atoms with E-state index in [2.05, 4.69) is 20.6 Å². The molecule has 32 heavy (non-hydrogen) atoms. The summed E-state index contributed by atoms with van der Waals surface area (Å²) in [6.07, 6.45) is 5.12. The summed E-state index contributed by atoms with van der Waals surface area (Å²) in [4.78, 5) is 21.4. The van der Waals surface area contributed by atoms with E-state index in [-0.39, 0.29) is 26.1 Å². The first-order valence-electron chi connectivity index (χ1n) is 11.3. The first-order chi connectivity index (χ1) is 15.5. The number of anilines is 1. The zero-order valence-electron chi connectivity index (χ0n) is 18.7. The zero-order chi connectivity index (χ0) is 22.6. The predicted octanol–water partition coefficient (Wildman–Crippen LogP) is 3.74. The topological polar surface area (TPSA) is 85.4 Å². The molecule has 2 N–H and O–H groups in total. The number of nitrogens with zero attached hydrogens (tertiary/aromatic N) is 2. The minimum atomic E-state index is -1.91. The average molecular weight is 443 g/mol. The maximum atomic E-state index is 15.1. The molecule has 8 heteroatoms. The number of benzene rings is 1. The third-order valence-corrected chi connectivity index (χ3v) is 6.28. The Labute approximate surface area is 188 Å². The summed E-state index contributed by atoms with van der Waals surface area (Å²) in [5.74, 6) is 0.0574. The van der Waals surface area contributed by atoms with Crippen LogP contribution in [0.25, 0.3) is 11.1 Å². The van der Waals surface area contributed by atoms with Crippen molar-refractivity contribution in [3.05, 3.63) is 35.9 Å². The van der Waals surface area contributed by atoms with Crippen molar-refractivity contribution in [2.24, 2.45) is 0 Å². The Kier molecular flexibility index (Phi) is 7.01. The van der Waals surface area contributed by atoms with Gasteiger partial charge in [0.15, 0.2) is 5.67 Å². The number of alkyl halides is 1. The molecule has 7 nitrogen and oxygen atoms in total. The molecule has 1 unspecified atom stereocenters. The number of carbonyl (C=O) groups is 1. The Morgan fingerprint density at radius 2 is 2.00 bits per heavy atom. The fourth-order valence-electron chi connectivity index (χ4n) is 4.33. The zero-order valence-corrected chi connectivity index (χ0v) is 18.7. The first kappa shape index (κ1) is 22.6. The van der Waals surface area contributed by atoms with Crippen LogP contribution in [0, 0.1) is 13.8 Å². The van der Waals surface area contributed by atoms with Crippen molar-refractivity contribution in [3.63, 3.8) is 0 Å². The summed E-state index contributed by atoms with van der Waals surface area (Å²) in [6.45, 7) is 5.89. The number of halogens is 1. The van der Waals surface area contributed by atoms with Crippen LogP contribution in [0.3, 0.4) is 0 Å². The van der Waals surface area contributed by atoms with Crippen LogP contribution in [0.15, 0.2) is 24.5 Å². The maximum Gasteiger partial charge on any atom is 0.262 e. The summed E-state index contributed by atoms with van der Waals surface area (Å²) in [6, 6.07) is 5.71. The lowest BCUT2D eigenvalue weighted by Gasteiger charge is -2.28. The van der Waals surface area contributed by atoms with Crippen LogP contribution in [0.1, 0.15) is 43.5 Å². The van der Waals surface area contributed by atoms with Crippen LogP contribution in [-0.4, -0.2) is 54.0 Å². The van der Waals surface area contributed by atoms with E-state index in [9.17, 15) is 4.79 Å². The highest BCUT2D eigenvalue weighted by Crippen LogP contribution is 2.36. The Bertz CT molecular complexity index is 936. The quantitative estimate of drug-likeness (QED) is 0.709. The minimum Gasteiger partial charge on any atom is -0.491 e. The molecule has 2 aliphatic heterocycles. The lowest BCUT2D eigenvalue weighted by molar-refractivity contribution is -0.133. The molecule has 4 rings (SSSR count). The smallest absolute Gasteiger partial charge is 0.262 e. The van der Waals surface area contributed by atoms with Crippen LogP contribution >= 0.6 is 0 Å². The molecule has 1 atom stereocenters. The molecule has 0 aliphatic carbocycles. The summed E-state index contributed by atoms with van der Waals surface area (Å²) in [5.41, 5.74) is 1.87. The van der Waals surface area contributed by atoms with Gasteiger partial charge in [0.25, 0.3) is 5.91 Å². The van der Waals surface area contributed by atoms with E-state index in [0.29, 0.717) is 24.1 Å². The molecule has 1 amide bonds. The van der Waals surface area contributed by atoms with E-state index in [1.165, 1.54) is 19.2 Å². The molecule has 0 bridgehead atoms. The Balaban J connectivity index is 1.61. The van der Waals surface area contributed by atoms with Gasteiger partial charge in [-0.15, -0.1) is 0 Å². The van der Waals surface area contributed by atoms with E-state index in [0.717, 1.165) is 35.5 Å². The number of hydrogen-bond acceptors (Lipinski definition) is 6. The second kappa shape index (κ2) is 9.92. The Morgan fingerprint density at radius 1 is 1.25 bits per heavy atom. The molecule has 1 aromatic heterocycles. The van der Waals surface area contributed by atoms with Gasteiger partial charge in [-0.3, -0.25) is 4.79 Å². The van der Waals surface area contributed by atoms with E-state index >= 15 is 4.39 Å². The lowest BCUT2D eigenvalue weighted by atomic mass is 9.95. The van der Waals surface area contributed by atoms with E-state index in [1.54, 1.807) is 6.07 Å². The van der Waals surface area contributed by atoms with Crippen LogP contribution in [0.2, 0.25) is 0 Å². The summed E-state index contributed by atoms with van der Waals surface area (Å²) < 4.78 is 26.5. The van der Waals surface area contributed by atoms with Crippen molar-refractivity contribution >= 4 is 11.6 Å². The Hall–Kier alpha value is -2.58. The van der Waals surface area contributed by atoms with Gasteiger partial charge in [-0.2, -0.15) is 0 Å². The number of nitrogens with one attached hydrogen (secondary N) is 2. The molecule has 2 aliphatic rings. The maximum absolute atomic E-state index is 15.1. The van der Waals surface area contributed by atoms with Gasteiger partial charge in [0.05, 0.1) is 13.2 Å². The number of aromatic nitrogens is 2. The highest BCUT2D eigenvalue weighted by molar-refractivity contribution is 5.98. The van der Waals surface area contributed by atoms with Crippen LogP contribution in [0.5, 0.6) is 5.75 Å². The third kappa shape index (κ3) is 5.07. The molecule has 2 saturated heterocycles. The summed E-state index contributed by atoms with van der Waals surface area (Å²) >= 11 is 0. The van der Waals surface area contributed by atoms with Crippen LogP contribution in [0.4, 0.5) is 10.1 Å². The molecular formula is C24H31FN4O3. The highest BCUT2D eigenvalue weighted by atomic mass is 19.1. The molecule has 2 fully saturated rings. The molecule has 3 heterocycles. The second-order valence-corrected chi connectivity index (χ2v) is 8.62. The fraction of sp³-hybridized carbons (Fsp3) is 0.542. The predicted molar refractivity (Wildman–Crippen MR) is 121 cm³/mol. The highest BCUT2D eigenvalue weighted by Gasteiger charge is 2.40. The van der Waals surface area contributed by atoms with Crippen molar-refractivity contribution in [3.8, 4) is 16.9 Å². The molecule has 172 valence electrons. The minimum absolute atomic E-state index is 0.0615. The van der Waals surface area contributed by atoms with Gasteiger partial charge in [-0.05, 0) is 51.4 Å². The molecule has 0 radical (unpaired) electrons. The fourth-order valence-corrected chi connectivity index (χ4v) is 4.33. The monoisotopic (exact) mass is 442 g/mol. The number of aryl methyl sites for hydroxylation is 2. The van der Waals surface area contributed by atoms with Crippen LogP contribution < -0.4 is 15.4 Å². The number of ether oxygens (including phenoxy) is 2. The average Bonchev–Trinajstić information content (AvgIpc) is 2.79. The molecular weight excluding hydrogens is 411 g/mol. The van der Waals surface area contributed by atoms with Crippen molar-refractivity contribution in [2.45, 2.75) is 57.7 Å². The van der Waals surface area contributed by atoms with Crippen molar-refractivity contribution < 1.29 is 18.7 Å². The summed E-state index contributed by atoms with van der Waals surface area (Å²) in [7, 11) is 0. The standard InChI is InChI=1S/C24H31FN4O3/c1-16-22(17(2)28-15-27-16)20-13-18(29-23(30)24(25)8-11-31-12-9-24)6-7-21(20)32-14-19-5-3-4-10-26-19/h6-7,13,15,19,26H,3-5,8-12,14H2,1-2H3,(H,29,30). The number of piperidine rings is 1. The van der Waals surface area contributed by atoms with Gasteiger partial charge >= 0.3 is 0 Å². The van der Waals surface area contributed by atoms with Crippen molar-refractivity contribution in [1.29, 1.82) is 0 Å². The van der Waals surface area contributed by atoms with Gasteiger partial charge in [0.1, 0.15) is 18.7 Å². The SMILES string of the molecule is Cc1ncnc(C)c1-c1cc(NC(=O)C2(F)CCOCC2)ccc1OCC1CCCCN1. The van der Waals surface area contributed by atoms with Gasteiger partial charge in [-0.1, -0.05) is 6.42 Å². The number of carbonyl (C=O) groups excluding carboxylic acids is 1. The Morgan fingerprint density at radius 3 is 2.69 bits per heavy atom. The van der Waals surface area contributed by atoms with E-state index in [1.807, 2.05) is 26.0 Å². The largest absolute Gasteiger partial charge is 0.491 e. The summed E-state index contributed by atoms with van der Waals surface area (Å²) in [5, 5.41) is 6.25. The third-order valence-electron chi connectivity index (χ3n) is 6.28. The van der Waals surface area contributed by atoms with Crippen molar-refractivity contribution in [2.75, 3.05) is 31.7 Å². The second-order valence-electron chi connectivity index (χ2n) is 8.62. The lowest BCUT2D eigenvalue weighted by Crippen LogP contribution is -2.43. The van der Waals surface area contributed by atoms with E-state index in [4.69, 9.17) is 9.47 Å².